The average molecular weight is 459 g/mol. The molecule has 0 saturated heterocycles. The predicted molar refractivity (Wildman–Crippen MR) is 78.2 cm³/mol. The zero-order chi connectivity index (χ0) is 9.40. The average Bonchev–Trinajstić information content (AvgIpc) is 2.01. The van der Waals surface area contributed by atoms with Crippen molar-refractivity contribution in [1.29, 1.82) is 0 Å². The molecule has 0 heterocycles. The van der Waals surface area contributed by atoms with Crippen LogP contribution in [0.15, 0.2) is 0 Å². The molecule has 0 aromatic rings. The van der Waals surface area contributed by atoms with Crippen LogP contribution in [-0.4, -0.2) is 13.2 Å². The van der Waals surface area contributed by atoms with E-state index in [2.05, 4.69) is 68.0 Å². The fourth-order valence-electron chi connectivity index (χ4n) is 1.06. The van der Waals surface area contributed by atoms with Crippen molar-refractivity contribution in [3.63, 3.8) is 0 Å². The molecule has 0 aliphatic heterocycles. The van der Waals surface area contributed by atoms with Crippen molar-refractivity contribution in [2.45, 2.75) is 47.8 Å². The molecule has 3 heteroatoms. The Hall–Kier alpha value is 1.94. The molecule has 0 radical (unpaired) electrons. The molecule has 0 spiro atoms. The van der Waals surface area contributed by atoms with Gasteiger partial charge in [-0.15, -0.1) is 0 Å². The maximum atomic E-state index is 3.74. The van der Waals surface area contributed by atoms with Crippen LogP contribution in [0.5, 0.6) is 0 Å². The summed E-state index contributed by atoms with van der Waals surface area (Å²) in [6.45, 7) is 2.26. The third kappa shape index (κ3) is 8.53. The molecule has 0 aliphatic carbocycles. The van der Waals surface area contributed by atoms with Crippen LogP contribution in [0.25, 0.3) is 0 Å². The van der Waals surface area contributed by atoms with E-state index in [0.717, 1.165) is 8.75 Å². The highest BCUT2D eigenvalue weighted by Gasteiger charge is 2.09. The summed E-state index contributed by atoms with van der Waals surface area (Å²) >= 11 is 8.77. The Balaban J connectivity index is 3.33. The highest BCUT2D eigenvalue weighted by atomic mass is 127. The van der Waals surface area contributed by atoms with Gasteiger partial charge in [-0.2, -0.15) is 0 Å². The zero-order valence-electron chi connectivity index (χ0n) is 7.53. The number of halogens is 3. The summed E-state index contributed by atoms with van der Waals surface area (Å²) in [5, 5.41) is 0. The van der Waals surface area contributed by atoms with Gasteiger partial charge in [0.25, 0.3) is 0 Å². The third-order valence-corrected chi connectivity index (χ3v) is 4.39. The second kappa shape index (κ2) is 9.49. The van der Waals surface area contributed by atoms with Gasteiger partial charge in [0, 0.05) is 13.2 Å². The number of hydrogen-bond acceptors (Lipinski definition) is 0. The Morgan fingerprint density at radius 2 is 2.00 bits per heavy atom. The molecule has 0 rings (SSSR count). The second-order valence-electron chi connectivity index (χ2n) is 3.05. The summed E-state index contributed by atoms with van der Waals surface area (Å²) in [7, 11) is 0. The minimum atomic E-state index is 0.752. The second-order valence-corrected chi connectivity index (χ2v) is 7.19. The largest absolute Gasteiger partial charge is 0.0890 e. The summed E-state index contributed by atoms with van der Waals surface area (Å²) in [4.78, 5) is 0.752. The van der Waals surface area contributed by atoms with Gasteiger partial charge < -0.3 is 0 Å². The lowest BCUT2D eigenvalue weighted by atomic mass is 10.1. The summed E-state index contributed by atoms with van der Waals surface area (Å²) in [5.41, 5.74) is 0. The molecule has 0 nitrogen and oxygen atoms in total. The molecule has 2 atom stereocenters. The Kier molecular flexibility index (Phi) is 11.0. The van der Waals surface area contributed by atoms with Crippen molar-refractivity contribution in [2.24, 2.45) is 0 Å². The summed E-state index contributed by atoms with van der Waals surface area (Å²) in [5.74, 6) is 0. The molecular formula is C9H17BrI2. The molecule has 0 aromatic heterocycles. The van der Waals surface area contributed by atoms with Crippen molar-refractivity contribution in [3.05, 3.63) is 0 Å². The van der Waals surface area contributed by atoms with E-state index in [0.29, 0.717) is 0 Å². The predicted octanol–water partition coefficient (Wildman–Crippen LogP) is 4.96. The molecule has 0 N–H and O–H groups in total. The minimum absolute atomic E-state index is 0.752. The summed E-state index contributed by atoms with van der Waals surface area (Å²) < 4.78 is 2.15. The smallest absolute Gasteiger partial charge is 0.0155 e. The maximum absolute atomic E-state index is 3.74. The first-order valence-electron chi connectivity index (χ1n) is 4.54. The third-order valence-electron chi connectivity index (χ3n) is 1.80. The van der Waals surface area contributed by atoms with E-state index in [1.165, 1.54) is 36.5 Å². The SMILES string of the molecule is CCCCC(Br)CC(I)CCI. The van der Waals surface area contributed by atoms with E-state index >= 15 is 0 Å². The van der Waals surface area contributed by atoms with Crippen LogP contribution in [0.4, 0.5) is 0 Å². The van der Waals surface area contributed by atoms with Gasteiger partial charge in [-0.3, -0.25) is 0 Å². The molecule has 0 bridgehead atoms. The Morgan fingerprint density at radius 1 is 1.33 bits per heavy atom. The fourth-order valence-corrected chi connectivity index (χ4v) is 5.40. The van der Waals surface area contributed by atoms with E-state index in [1.54, 1.807) is 0 Å². The van der Waals surface area contributed by atoms with Crippen LogP contribution in [0.1, 0.15) is 39.0 Å². The standard InChI is InChI=1S/C9H17BrI2/c1-2-3-4-8(10)7-9(12)5-6-11/h8-9H,2-7H2,1H3. The quantitative estimate of drug-likeness (QED) is 0.374. The number of unbranched alkanes of at least 4 members (excludes halogenated alkanes) is 1. The van der Waals surface area contributed by atoms with Gasteiger partial charge in [-0.1, -0.05) is 80.9 Å². The van der Waals surface area contributed by atoms with Crippen LogP contribution in [0.3, 0.4) is 0 Å². The number of alkyl halides is 3. The molecule has 74 valence electrons. The van der Waals surface area contributed by atoms with Crippen molar-refractivity contribution in [1.82, 2.24) is 0 Å². The van der Waals surface area contributed by atoms with Crippen molar-refractivity contribution >= 4 is 61.1 Å². The van der Waals surface area contributed by atoms with Gasteiger partial charge in [0.15, 0.2) is 0 Å². The molecule has 12 heavy (non-hydrogen) atoms. The molecule has 0 saturated carbocycles. The van der Waals surface area contributed by atoms with Gasteiger partial charge in [-0.05, 0) is 19.3 Å². The van der Waals surface area contributed by atoms with E-state index in [-0.39, 0.29) is 0 Å². The minimum Gasteiger partial charge on any atom is -0.0890 e. The summed E-state index contributed by atoms with van der Waals surface area (Å²) in [6, 6.07) is 0. The first kappa shape index (κ1) is 13.9. The fraction of sp³-hybridized carbons (Fsp3) is 1.00. The van der Waals surface area contributed by atoms with E-state index in [4.69, 9.17) is 0 Å². The summed E-state index contributed by atoms with van der Waals surface area (Å²) in [6.07, 6.45) is 6.72. The molecule has 0 fully saturated rings. The van der Waals surface area contributed by atoms with E-state index in [1.807, 2.05) is 0 Å². The highest BCUT2D eigenvalue weighted by Crippen LogP contribution is 2.22. The first-order valence-corrected chi connectivity index (χ1v) is 8.23. The highest BCUT2D eigenvalue weighted by molar-refractivity contribution is 14.1. The molecule has 0 amide bonds. The van der Waals surface area contributed by atoms with E-state index < -0.39 is 0 Å². The van der Waals surface area contributed by atoms with Crippen molar-refractivity contribution in [3.8, 4) is 0 Å². The van der Waals surface area contributed by atoms with Gasteiger partial charge in [0.1, 0.15) is 0 Å². The van der Waals surface area contributed by atoms with Crippen molar-refractivity contribution < 1.29 is 0 Å². The lowest BCUT2D eigenvalue weighted by Gasteiger charge is -2.12. The van der Waals surface area contributed by atoms with Crippen LogP contribution < -0.4 is 0 Å². The van der Waals surface area contributed by atoms with Crippen LogP contribution >= 0.6 is 61.1 Å². The lowest BCUT2D eigenvalue weighted by Crippen LogP contribution is -2.07. The van der Waals surface area contributed by atoms with Gasteiger partial charge in [-0.25, -0.2) is 0 Å². The number of hydrogen-bond donors (Lipinski definition) is 0. The molecule has 2 unspecified atom stereocenters. The van der Waals surface area contributed by atoms with Gasteiger partial charge >= 0.3 is 0 Å². The van der Waals surface area contributed by atoms with Crippen LogP contribution in [-0.2, 0) is 0 Å². The van der Waals surface area contributed by atoms with E-state index in [9.17, 15) is 0 Å². The van der Waals surface area contributed by atoms with Gasteiger partial charge in [0.2, 0.25) is 0 Å². The molecule has 0 aromatic carbocycles. The number of rotatable bonds is 7. The monoisotopic (exact) mass is 458 g/mol. The maximum Gasteiger partial charge on any atom is 0.0155 e. The normalized spacial score (nSPS) is 16.0. The Bertz CT molecular complexity index is 98.5. The first-order chi connectivity index (χ1) is 5.70. The Morgan fingerprint density at radius 3 is 2.50 bits per heavy atom. The Labute approximate surface area is 112 Å². The van der Waals surface area contributed by atoms with Crippen LogP contribution in [0.2, 0.25) is 0 Å². The van der Waals surface area contributed by atoms with Gasteiger partial charge in [0.05, 0.1) is 0 Å². The molecule has 0 aliphatic rings. The molecular weight excluding hydrogens is 442 g/mol. The van der Waals surface area contributed by atoms with Crippen LogP contribution in [0, 0.1) is 0 Å². The van der Waals surface area contributed by atoms with Crippen molar-refractivity contribution in [2.75, 3.05) is 4.43 Å². The zero-order valence-corrected chi connectivity index (χ0v) is 13.4. The topological polar surface area (TPSA) is 0 Å². The lowest BCUT2D eigenvalue weighted by molar-refractivity contribution is 0.643.